The van der Waals surface area contributed by atoms with Gasteiger partial charge in [-0.1, -0.05) is 18.6 Å². The molecule has 104 valence electrons. The number of ether oxygens (including phenoxy) is 1. The van der Waals surface area contributed by atoms with Gasteiger partial charge in [-0.15, -0.1) is 0 Å². The lowest BCUT2D eigenvalue weighted by Crippen LogP contribution is -2.47. The van der Waals surface area contributed by atoms with Gasteiger partial charge in [-0.05, 0) is 31.5 Å². The van der Waals surface area contributed by atoms with E-state index in [1.165, 1.54) is 6.42 Å². The molecule has 0 bridgehead atoms. The number of hydrogen-bond donors (Lipinski definition) is 1. The average Bonchev–Trinajstić information content (AvgIpc) is 2.41. The van der Waals surface area contributed by atoms with Gasteiger partial charge in [-0.25, -0.2) is 0 Å². The van der Waals surface area contributed by atoms with Gasteiger partial charge in [0.1, 0.15) is 5.75 Å². The average molecular weight is 262 g/mol. The van der Waals surface area contributed by atoms with Crippen LogP contribution >= 0.6 is 0 Å². The largest absolute Gasteiger partial charge is 0.496 e. The summed E-state index contributed by atoms with van der Waals surface area (Å²) >= 11 is 0. The summed E-state index contributed by atoms with van der Waals surface area (Å²) in [7, 11) is 3.42. The van der Waals surface area contributed by atoms with Crippen molar-refractivity contribution in [2.24, 2.45) is 11.1 Å². The Bertz CT molecular complexity index is 450. The van der Waals surface area contributed by atoms with Gasteiger partial charge in [0.15, 0.2) is 0 Å². The molecule has 0 aliphatic heterocycles. The standard InChI is InChI=1S/C15H22N2O2/c1-17(11-15(10-16)8-5-9-15)14(18)12-6-3-4-7-13(12)19-2/h3-4,6-7H,5,8-11,16H2,1-2H3. The summed E-state index contributed by atoms with van der Waals surface area (Å²) in [5.74, 6) is 0.618. The summed E-state index contributed by atoms with van der Waals surface area (Å²) in [6, 6.07) is 7.32. The molecular weight excluding hydrogens is 240 g/mol. The summed E-state index contributed by atoms with van der Waals surface area (Å²) in [6.07, 6.45) is 3.45. The molecule has 0 atom stereocenters. The van der Waals surface area contributed by atoms with Crippen molar-refractivity contribution in [3.8, 4) is 5.75 Å². The Kier molecular flexibility index (Phi) is 4.10. The van der Waals surface area contributed by atoms with Crippen molar-refractivity contribution < 1.29 is 9.53 Å². The van der Waals surface area contributed by atoms with Crippen LogP contribution in [0.5, 0.6) is 5.75 Å². The van der Waals surface area contributed by atoms with E-state index in [0.29, 0.717) is 17.9 Å². The van der Waals surface area contributed by atoms with E-state index in [9.17, 15) is 4.79 Å². The monoisotopic (exact) mass is 262 g/mol. The van der Waals surface area contributed by atoms with Gasteiger partial charge >= 0.3 is 0 Å². The molecule has 4 nitrogen and oxygen atoms in total. The molecule has 0 unspecified atom stereocenters. The number of para-hydroxylation sites is 1. The van der Waals surface area contributed by atoms with Gasteiger partial charge < -0.3 is 15.4 Å². The number of rotatable bonds is 5. The highest BCUT2D eigenvalue weighted by Gasteiger charge is 2.37. The summed E-state index contributed by atoms with van der Waals surface area (Å²) in [5.41, 5.74) is 6.59. The first-order valence-electron chi connectivity index (χ1n) is 6.70. The van der Waals surface area contributed by atoms with Crippen LogP contribution in [0.25, 0.3) is 0 Å². The second kappa shape index (κ2) is 5.61. The number of nitrogens with zero attached hydrogens (tertiary/aromatic N) is 1. The first kappa shape index (κ1) is 13.9. The van der Waals surface area contributed by atoms with Crippen LogP contribution < -0.4 is 10.5 Å². The van der Waals surface area contributed by atoms with Gasteiger partial charge in [-0.2, -0.15) is 0 Å². The smallest absolute Gasteiger partial charge is 0.257 e. The van der Waals surface area contributed by atoms with Crippen LogP contribution in [0.15, 0.2) is 24.3 Å². The Hall–Kier alpha value is -1.55. The molecule has 0 heterocycles. The quantitative estimate of drug-likeness (QED) is 0.881. The fraction of sp³-hybridized carbons (Fsp3) is 0.533. The lowest BCUT2D eigenvalue weighted by atomic mass is 9.68. The molecule has 1 aliphatic carbocycles. The van der Waals surface area contributed by atoms with Crippen LogP contribution in [-0.2, 0) is 0 Å². The van der Waals surface area contributed by atoms with Gasteiger partial charge in [0.25, 0.3) is 5.91 Å². The van der Waals surface area contributed by atoms with Crippen LogP contribution in [0, 0.1) is 5.41 Å². The Labute approximate surface area is 114 Å². The highest BCUT2D eigenvalue weighted by Crippen LogP contribution is 2.40. The van der Waals surface area contributed by atoms with Crippen LogP contribution in [-0.4, -0.2) is 38.1 Å². The maximum atomic E-state index is 12.5. The molecule has 19 heavy (non-hydrogen) atoms. The Morgan fingerprint density at radius 3 is 2.63 bits per heavy atom. The summed E-state index contributed by atoms with van der Waals surface area (Å²) in [5, 5.41) is 0. The van der Waals surface area contributed by atoms with E-state index in [1.807, 2.05) is 25.2 Å². The van der Waals surface area contributed by atoms with Crippen molar-refractivity contribution in [1.29, 1.82) is 0 Å². The number of benzene rings is 1. The van der Waals surface area contributed by atoms with Crippen LogP contribution in [0.4, 0.5) is 0 Å². The molecule has 0 radical (unpaired) electrons. The minimum Gasteiger partial charge on any atom is -0.496 e. The number of methoxy groups -OCH3 is 1. The molecule has 1 aromatic rings. The maximum Gasteiger partial charge on any atom is 0.257 e. The van der Waals surface area contributed by atoms with E-state index >= 15 is 0 Å². The second-order valence-electron chi connectivity index (χ2n) is 5.42. The van der Waals surface area contributed by atoms with Gasteiger partial charge in [0.2, 0.25) is 0 Å². The lowest BCUT2D eigenvalue weighted by Gasteiger charge is -2.43. The minimum atomic E-state index is -0.00262. The van der Waals surface area contributed by atoms with E-state index in [4.69, 9.17) is 10.5 Å². The highest BCUT2D eigenvalue weighted by molar-refractivity contribution is 5.96. The topological polar surface area (TPSA) is 55.6 Å². The van der Waals surface area contributed by atoms with E-state index in [2.05, 4.69) is 0 Å². The molecule has 4 heteroatoms. The zero-order valence-corrected chi connectivity index (χ0v) is 11.7. The molecule has 1 amide bonds. The normalized spacial score (nSPS) is 16.6. The highest BCUT2D eigenvalue weighted by atomic mass is 16.5. The fourth-order valence-electron chi connectivity index (χ4n) is 2.71. The molecule has 2 rings (SSSR count). The van der Waals surface area contributed by atoms with Gasteiger partial charge in [0, 0.05) is 19.0 Å². The summed E-state index contributed by atoms with van der Waals surface area (Å²) in [4.78, 5) is 14.2. The summed E-state index contributed by atoms with van der Waals surface area (Å²) < 4.78 is 5.24. The van der Waals surface area contributed by atoms with Crippen molar-refractivity contribution in [3.63, 3.8) is 0 Å². The predicted molar refractivity (Wildman–Crippen MR) is 75.3 cm³/mol. The maximum absolute atomic E-state index is 12.5. The Morgan fingerprint density at radius 2 is 2.11 bits per heavy atom. The van der Waals surface area contributed by atoms with Crippen molar-refractivity contribution in [3.05, 3.63) is 29.8 Å². The molecule has 0 aromatic heterocycles. The van der Waals surface area contributed by atoms with Crippen molar-refractivity contribution in [1.82, 2.24) is 4.90 Å². The molecule has 0 spiro atoms. The third-order valence-electron chi connectivity index (χ3n) is 4.10. The van der Waals surface area contributed by atoms with Crippen molar-refractivity contribution in [2.45, 2.75) is 19.3 Å². The second-order valence-corrected chi connectivity index (χ2v) is 5.42. The number of amides is 1. The zero-order chi connectivity index (χ0) is 13.9. The minimum absolute atomic E-state index is 0.00262. The third-order valence-corrected chi connectivity index (χ3v) is 4.10. The Morgan fingerprint density at radius 1 is 1.42 bits per heavy atom. The molecule has 1 fully saturated rings. The van der Waals surface area contributed by atoms with E-state index < -0.39 is 0 Å². The fourth-order valence-corrected chi connectivity index (χ4v) is 2.71. The zero-order valence-electron chi connectivity index (χ0n) is 11.7. The molecular formula is C15H22N2O2. The van der Waals surface area contributed by atoms with Gasteiger partial charge in [-0.3, -0.25) is 4.79 Å². The molecule has 1 aromatic carbocycles. The van der Waals surface area contributed by atoms with Crippen molar-refractivity contribution >= 4 is 5.91 Å². The van der Waals surface area contributed by atoms with E-state index in [-0.39, 0.29) is 11.3 Å². The Balaban J connectivity index is 2.10. The van der Waals surface area contributed by atoms with Crippen LogP contribution in [0.3, 0.4) is 0 Å². The van der Waals surface area contributed by atoms with Crippen LogP contribution in [0.1, 0.15) is 29.6 Å². The van der Waals surface area contributed by atoms with E-state index in [1.54, 1.807) is 18.1 Å². The van der Waals surface area contributed by atoms with Crippen LogP contribution in [0.2, 0.25) is 0 Å². The molecule has 0 saturated heterocycles. The number of hydrogen-bond acceptors (Lipinski definition) is 3. The number of carbonyl (C=O) groups excluding carboxylic acids is 1. The molecule has 1 saturated carbocycles. The molecule has 2 N–H and O–H groups in total. The first-order valence-corrected chi connectivity index (χ1v) is 6.70. The third kappa shape index (κ3) is 2.73. The summed E-state index contributed by atoms with van der Waals surface area (Å²) in [6.45, 7) is 1.37. The number of nitrogens with two attached hydrogens (primary N) is 1. The first-order chi connectivity index (χ1) is 9.12. The van der Waals surface area contributed by atoms with E-state index in [0.717, 1.165) is 19.4 Å². The van der Waals surface area contributed by atoms with Crippen molar-refractivity contribution in [2.75, 3.05) is 27.2 Å². The SMILES string of the molecule is COc1ccccc1C(=O)N(C)CC1(CN)CCC1. The predicted octanol–water partition coefficient (Wildman–Crippen LogP) is 1.90. The lowest BCUT2D eigenvalue weighted by molar-refractivity contribution is 0.0566. The molecule has 1 aliphatic rings. The number of carbonyl (C=O) groups is 1. The van der Waals surface area contributed by atoms with Gasteiger partial charge in [0.05, 0.1) is 12.7 Å².